The SMILES string of the molecule is CCC(C#N)Oc1cc(OC)ccc1CNC1CC1. The Labute approximate surface area is 114 Å². The van der Waals surface area contributed by atoms with Crippen LogP contribution in [0.25, 0.3) is 0 Å². The lowest BCUT2D eigenvalue weighted by molar-refractivity contribution is 0.247. The molecule has 0 radical (unpaired) electrons. The van der Waals surface area contributed by atoms with Crippen molar-refractivity contribution in [3.05, 3.63) is 23.8 Å². The van der Waals surface area contributed by atoms with Crippen LogP contribution in [0.1, 0.15) is 31.7 Å². The second kappa shape index (κ2) is 6.44. The van der Waals surface area contributed by atoms with Crippen molar-refractivity contribution >= 4 is 0 Å². The van der Waals surface area contributed by atoms with Gasteiger partial charge in [0.2, 0.25) is 0 Å². The maximum absolute atomic E-state index is 9.01. The second-order valence-corrected chi connectivity index (χ2v) is 4.77. The van der Waals surface area contributed by atoms with E-state index in [1.165, 1.54) is 12.8 Å². The molecule has 1 aromatic carbocycles. The number of nitrogens with zero attached hydrogens (tertiary/aromatic N) is 1. The number of methoxy groups -OCH3 is 1. The Kier molecular flexibility index (Phi) is 4.64. The van der Waals surface area contributed by atoms with Crippen LogP contribution in [0.3, 0.4) is 0 Å². The number of benzene rings is 1. The van der Waals surface area contributed by atoms with Gasteiger partial charge in [-0.3, -0.25) is 0 Å². The molecule has 19 heavy (non-hydrogen) atoms. The van der Waals surface area contributed by atoms with Crippen molar-refractivity contribution in [2.45, 2.75) is 44.9 Å². The van der Waals surface area contributed by atoms with Crippen LogP contribution in [0.15, 0.2) is 18.2 Å². The van der Waals surface area contributed by atoms with E-state index in [1.807, 2.05) is 25.1 Å². The second-order valence-electron chi connectivity index (χ2n) is 4.77. The minimum atomic E-state index is -0.410. The first-order valence-electron chi connectivity index (χ1n) is 6.73. The molecule has 0 amide bonds. The third-order valence-corrected chi connectivity index (χ3v) is 3.22. The fourth-order valence-corrected chi connectivity index (χ4v) is 1.81. The highest BCUT2D eigenvalue weighted by Crippen LogP contribution is 2.27. The van der Waals surface area contributed by atoms with Gasteiger partial charge in [-0.05, 0) is 25.3 Å². The number of ether oxygens (including phenoxy) is 2. The summed E-state index contributed by atoms with van der Waals surface area (Å²) in [7, 11) is 1.63. The molecule has 1 N–H and O–H groups in total. The Morgan fingerprint density at radius 3 is 2.84 bits per heavy atom. The number of rotatable bonds is 7. The van der Waals surface area contributed by atoms with Gasteiger partial charge in [0, 0.05) is 24.2 Å². The molecule has 2 rings (SSSR count). The van der Waals surface area contributed by atoms with Crippen molar-refractivity contribution in [2.75, 3.05) is 7.11 Å². The van der Waals surface area contributed by atoms with Gasteiger partial charge in [-0.2, -0.15) is 5.26 Å². The Bertz CT molecular complexity index is 464. The molecular formula is C15H20N2O2. The van der Waals surface area contributed by atoms with E-state index in [9.17, 15) is 0 Å². The summed E-state index contributed by atoms with van der Waals surface area (Å²) in [6, 6.07) is 8.57. The topological polar surface area (TPSA) is 54.3 Å². The summed E-state index contributed by atoms with van der Waals surface area (Å²) in [5.41, 5.74) is 1.07. The molecule has 1 aliphatic carbocycles. The Hall–Kier alpha value is -1.73. The average molecular weight is 260 g/mol. The zero-order valence-corrected chi connectivity index (χ0v) is 11.5. The third-order valence-electron chi connectivity index (χ3n) is 3.22. The molecule has 1 fully saturated rings. The minimum absolute atomic E-state index is 0.410. The normalized spacial score (nSPS) is 15.6. The molecular weight excluding hydrogens is 240 g/mol. The van der Waals surface area contributed by atoms with E-state index in [1.54, 1.807) is 7.11 Å². The van der Waals surface area contributed by atoms with Crippen LogP contribution in [-0.2, 0) is 6.54 Å². The summed E-state index contributed by atoms with van der Waals surface area (Å²) in [6.07, 6.45) is 2.76. The first-order chi connectivity index (χ1) is 9.26. The molecule has 0 heterocycles. The molecule has 4 heteroatoms. The van der Waals surface area contributed by atoms with Crippen LogP contribution in [-0.4, -0.2) is 19.3 Å². The van der Waals surface area contributed by atoms with Crippen LogP contribution < -0.4 is 14.8 Å². The molecule has 1 aromatic rings. The molecule has 1 atom stereocenters. The van der Waals surface area contributed by atoms with Gasteiger partial charge < -0.3 is 14.8 Å². The lowest BCUT2D eigenvalue weighted by atomic mass is 10.1. The van der Waals surface area contributed by atoms with E-state index < -0.39 is 6.10 Å². The largest absolute Gasteiger partial charge is 0.497 e. The summed E-state index contributed by atoms with van der Waals surface area (Å²) in [6.45, 7) is 2.71. The highest BCUT2D eigenvalue weighted by Gasteiger charge is 2.21. The van der Waals surface area contributed by atoms with Gasteiger partial charge in [-0.1, -0.05) is 13.0 Å². The van der Waals surface area contributed by atoms with Gasteiger partial charge in [0.1, 0.15) is 17.6 Å². The molecule has 1 aliphatic rings. The molecule has 0 spiro atoms. The van der Waals surface area contributed by atoms with Gasteiger partial charge in [-0.15, -0.1) is 0 Å². The standard InChI is InChI=1S/C15H20N2O2/c1-3-13(9-16)19-15-8-14(18-2)7-4-11(15)10-17-12-5-6-12/h4,7-8,12-13,17H,3,5-6,10H2,1-2H3. The minimum Gasteiger partial charge on any atom is -0.497 e. The van der Waals surface area contributed by atoms with Crippen molar-refractivity contribution in [3.63, 3.8) is 0 Å². The van der Waals surface area contributed by atoms with E-state index in [0.717, 1.165) is 23.6 Å². The molecule has 0 aliphatic heterocycles. The van der Waals surface area contributed by atoms with Crippen molar-refractivity contribution in [1.29, 1.82) is 5.26 Å². The predicted octanol–water partition coefficient (Wildman–Crippen LogP) is 2.63. The monoisotopic (exact) mass is 260 g/mol. The zero-order chi connectivity index (χ0) is 13.7. The first-order valence-corrected chi connectivity index (χ1v) is 6.73. The van der Waals surface area contributed by atoms with Crippen molar-refractivity contribution < 1.29 is 9.47 Å². The molecule has 0 aromatic heterocycles. The molecule has 1 saturated carbocycles. The Morgan fingerprint density at radius 1 is 1.47 bits per heavy atom. The van der Waals surface area contributed by atoms with Crippen LogP contribution in [0.5, 0.6) is 11.5 Å². The molecule has 4 nitrogen and oxygen atoms in total. The maximum Gasteiger partial charge on any atom is 0.184 e. The first kappa shape index (κ1) is 13.7. The average Bonchev–Trinajstić information content (AvgIpc) is 3.27. The van der Waals surface area contributed by atoms with Gasteiger partial charge in [0.05, 0.1) is 7.11 Å². The molecule has 102 valence electrons. The van der Waals surface area contributed by atoms with Crippen LogP contribution in [0.2, 0.25) is 0 Å². The van der Waals surface area contributed by atoms with Crippen molar-refractivity contribution in [3.8, 4) is 17.6 Å². The highest BCUT2D eigenvalue weighted by atomic mass is 16.5. The fourth-order valence-electron chi connectivity index (χ4n) is 1.81. The van der Waals surface area contributed by atoms with E-state index in [0.29, 0.717) is 12.5 Å². The summed E-state index contributed by atoms with van der Waals surface area (Å²) in [4.78, 5) is 0. The smallest absolute Gasteiger partial charge is 0.184 e. The van der Waals surface area contributed by atoms with Crippen LogP contribution in [0.4, 0.5) is 0 Å². The van der Waals surface area contributed by atoms with E-state index in [2.05, 4.69) is 11.4 Å². The van der Waals surface area contributed by atoms with E-state index in [-0.39, 0.29) is 0 Å². The van der Waals surface area contributed by atoms with Gasteiger partial charge in [0.15, 0.2) is 6.10 Å². The summed E-state index contributed by atoms with van der Waals surface area (Å²) in [5.74, 6) is 1.49. The van der Waals surface area contributed by atoms with Crippen LogP contribution >= 0.6 is 0 Å². The fraction of sp³-hybridized carbons (Fsp3) is 0.533. The Balaban J connectivity index is 2.12. The molecule has 1 unspecified atom stereocenters. The van der Waals surface area contributed by atoms with Gasteiger partial charge >= 0.3 is 0 Å². The number of nitriles is 1. The third kappa shape index (κ3) is 3.87. The van der Waals surface area contributed by atoms with E-state index >= 15 is 0 Å². The maximum atomic E-state index is 9.01. The zero-order valence-electron chi connectivity index (χ0n) is 11.5. The van der Waals surface area contributed by atoms with Gasteiger partial charge in [-0.25, -0.2) is 0 Å². The molecule has 0 saturated heterocycles. The highest BCUT2D eigenvalue weighted by molar-refractivity contribution is 5.41. The lowest BCUT2D eigenvalue weighted by Crippen LogP contribution is -2.18. The van der Waals surface area contributed by atoms with Crippen LogP contribution in [0, 0.1) is 11.3 Å². The predicted molar refractivity (Wildman–Crippen MR) is 73.2 cm³/mol. The summed E-state index contributed by atoms with van der Waals surface area (Å²) >= 11 is 0. The summed E-state index contributed by atoms with van der Waals surface area (Å²) in [5, 5.41) is 12.5. The number of hydrogen-bond donors (Lipinski definition) is 1. The van der Waals surface area contributed by atoms with Gasteiger partial charge in [0.25, 0.3) is 0 Å². The Morgan fingerprint density at radius 2 is 2.26 bits per heavy atom. The van der Waals surface area contributed by atoms with Crippen molar-refractivity contribution in [1.82, 2.24) is 5.32 Å². The van der Waals surface area contributed by atoms with Crippen molar-refractivity contribution in [2.24, 2.45) is 0 Å². The quantitative estimate of drug-likeness (QED) is 0.818. The number of nitrogens with one attached hydrogen (secondary N) is 1. The summed E-state index contributed by atoms with van der Waals surface area (Å²) < 4.78 is 11.0. The van der Waals surface area contributed by atoms with E-state index in [4.69, 9.17) is 14.7 Å². The molecule has 0 bridgehead atoms. The number of hydrogen-bond acceptors (Lipinski definition) is 4. The lowest BCUT2D eigenvalue weighted by Gasteiger charge is -2.16.